The molecule has 0 spiro atoms. The van der Waals surface area contributed by atoms with Crippen molar-refractivity contribution in [2.45, 2.75) is 44.4 Å². The number of fused-ring (bicyclic) bond motifs is 1. The molecule has 4 aromatic rings. The third kappa shape index (κ3) is 5.91. The molecule has 0 aliphatic carbocycles. The number of nitrogens with zero attached hydrogens (tertiary/aromatic N) is 4. The van der Waals surface area contributed by atoms with E-state index in [9.17, 15) is 22.8 Å². The lowest BCUT2D eigenvalue weighted by Crippen LogP contribution is -2.35. The van der Waals surface area contributed by atoms with E-state index in [-0.39, 0.29) is 46.3 Å². The highest BCUT2D eigenvalue weighted by molar-refractivity contribution is 5.98. The fraction of sp³-hybridized carbons (Fsp3) is 0.345. The predicted molar refractivity (Wildman–Crippen MR) is 146 cm³/mol. The van der Waals surface area contributed by atoms with Gasteiger partial charge in [0.05, 0.1) is 25.6 Å². The number of likely N-dealkylation sites (tertiary alicyclic amines) is 1. The molecule has 2 atom stereocenters. The summed E-state index contributed by atoms with van der Waals surface area (Å²) >= 11 is 0. The largest absolute Gasteiger partial charge is 0.494 e. The highest BCUT2D eigenvalue weighted by Crippen LogP contribution is 2.37. The molecule has 0 saturated carbocycles. The Morgan fingerprint density at radius 1 is 1.14 bits per heavy atom. The summed E-state index contributed by atoms with van der Waals surface area (Å²) in [7, 11) is 1.32. The monoisotopic (exact) mass is 582 g/mol. The normalized spacial score (nSPS) is 15.0. The Balaban J connectivity index is 1.51. The molecule has 1 saturated heterocycles. The highest BCUT2D eigenvalue weighted by atomic mass is 19.4. The summed E-state index contributed by atoms with van der Waals surface area (Å²) in [5, 5.41) is 3.16. The first kappa shape index (κ1) is 29.0. The third-order valence-corrected chi connectivity index (χ3v) is 7.07. The first-order chi connectivity index (χ1) is 20.1. The van der Waals surface area contributed by atoms with Crippen LogP contribution in [0.3, 0.4) is 0 Å². The van der Waals surface area contributed by atoms with Crippen LogP contribution in [0.15, 0.2) is 53.2 Å². The van der Waals surface area contributed by atoms with Gasteiger partial charge in [0, 0.05) is 36.4 Å². The van der Waals surface area contributed by atoms with Crippen LogP contribution >= 0.6 is 0 Å². The number of rotatable bonds is 8. The number of nitrogens with one attached hydrogen (secondary N) is 1. The highest BCUT2D eigenvalue weighted by Gasteiger charge is 2.34. The van der Waals surface area contributed by atoms with E-state index in [4.69, 9.17) is 14.9 Å². The number of hydrogen-bond donors (Lipinski definition) is 2. The number of alkyl halides is 3. The van der Waals surface area contributed by atoms with Gasteiger partial charge in [-0.1, -0.05) is 6.07 Å². The van der Waals surface area contributed by atoms with Gasteiger partial charge in [-0.3, -0.25) is 14.6 Å². The minimum Gasteiger partial charge on any atom is -0.494 e. The van der Waals surface area contributed by atoms with E-state index < -0.39 is 29.9 Å². The van der Waals surface area contributed by atoms with Gasteiger partial charge < -0.3 is 25.1 Å². The van der Waals surface area contributed by atoms with Crippen molar-refractivity contribution in [1.29, 1.82) is 0 Å². The van der Waals surface area contributed by atoms with Gasteiger partial charge in [0.25, 0.3) is 5.91 Å². The lowest BCUT2D eigenvalue weighted by Gasteiger charge is -2.22. The number of pyridine rings is 2. The van der Waals surface area contributed by atoms with Crippen molar-refractivity contribution in [1.82, 2.24) is 25.2 Å². The van der Waals surface area contributed by atoms with Crippen LogP contribution in [0.1, 0.15) is 65.8 Å². The number of hydrogen-bond acceptors (Lipinski definition) is 8. The van der Waals surface area contributed by atoms with Gasteiger partial charge in [-0.25, -0.2) is 9.97 Å². The van der Waals surface area contributed by atoms with E-state index in [1.807, 2.05) is 0 Å². The molecule has 4 heterocycles. The molecule has 220 valence electrons. The van der Waals surface area contributed by atoms with Crippen LogP contribution in [0.2, 0.25) is 0 Å². The van der Waals surface area contributed by atoms with Crippen LogP contribution < -0.4 is 15.8 Å². The molecule has 0 radical (unpaired) electrons. The molecule has 5 rings (SSSR count). The summed E-state index contributed by atoms with van der Waals surface area (Å²) in [6.07, 6.45) is 0.395. The van der Waals surface area contributed by atoms with Gasteiger partial charge in [0.2, 0.25) is 11.8 Å². The molecule has 1 aromatic carbocycles. The van der Waals surface area contributed by atoms with Crippen LogP contribution in [0.4, 0.5) is 13.2 Å². The minimum atomic E-state index is -4.66. The molecule has 42 heavy (non-hydrogen) atoms. The number of nitrogens with two attached hydrogens (primary N) is 1. The molecule has 0 bridgehead atoms. The van der Waals surface area contributed by atoms with Crippen LogP contribution in [0, 0.1) is 0 Å². The molecule has 1 aliphatic rings. The third-order valence-electron chi connectivity index (χ3n) is 7.07. The fourth-order valence-electron chi connectivity index (χ4n) is 4.95. The summed E-state index contributed by atoms with van der Waals surface area (Å²) < 4.78 is 51.3. The zero-order chi connectivity index (χ0) is 30.0. The van der Waals surface area contributed by atoms with Crippen LogP contribution in [-0.4, -0.2) is 51.9 Å². The Morgan fingerprint density at radius 2 is 1.90 bits per heavy atom. The number of carbonyl (C=O) groups excluding carboxylic acids is 2. The number of carbonyl (C=O) groups is 2. The summed E-state index contributed by atoms with van der Waals surface area (Å²) in [5.74, 6) is -0.560. The van der Waals surface area contributed by atoms with Gasteiger partial charge >= 0.3 is 6.18 Å². The average molecular weight is 583 g/mol. The molecule has 0 unspecified atom stereocenters. The van der Waals surface area contributed by atoms with Crippen LogP contribution in [0.25, 0.3) is 22.4 Å². The molecule has 3 aromatic heterocycles. The van der Waals surface area contributed by atoms with Crippen molar-refractivity contribution in [3.63, 3.8) is 0 Å². The summed E-state index contributed by atoms with van der Waals surface area (Å²) in [4.78, 5) is 40.7. The summed E-state index contributed by atoms with van der Waals surface area (Å²) in [6.45, 7) is 2.95. The van der Waals surface area contributed by atoms with Crippen molar-refractivity contribution in [2.24, 2.45) is 5.73 Å². The molecule has 2 amide bonds. The number of amides is 2. The number of aromatic nitrogens is 3. The quantitative estimate of drug-likeness (QED) is 0.302. The Bertz CT molecular complexity index is 1600. The van der Waals surface area contributed by atoms with Crippen molar-refractivity contribution in [2.75, 3.05) is 20.2 Å². The second-order valence-corrected chi connectivity index (χ2v) is 10.0. The molecule has 13 heteroatoms. The molecule has 10 nitrogen and oxygen atoms in total. The lowest BCUT2D eigenvalue weighted by atomic mass is 10.0. The Labute approximate surface area is 239 Å². The number of methoxy groups -OCH3 is 1. The summed E-state index contributed by atoms with van der Waals surface area (Å²) in [6, 6.07) is 7.13. The van der Waals surface area contributed by atoms with Crippen molar-refractivity contribution < 1.29 is 31.9 Å². The van der Waals surface area contributed by atoms with Gasteiger partial charge in [-0.05, 0) is 55.7 Å². The van der Waals surface area contributed by atoms with Crippen molar-refractivity contribution in [3.8, 4) is 17.2 Å². The molecular weight excluding hydrogens is 553 g/mol. The van der Waals surface area contributed by atoms with Crippen molar-refractivity contribution >= 4 is 22.7 Å². The Hall–Kier alpha value is -4.52. The zero-order valence-corrected chi connectivity index (χ0v) is 22.9. The Morgan fingerprint density at radius 3 is 2.55 bits per heavy atom. The fourth-order valence-corrected chi connectivity index (χ4v) is 4.95. The first-order valence-electron chi connectivity index (χ1n) is 13.4. The standard InChI is InChI=1S/C29H29F3N6O4/c1-16(33)26-25(27(40)35-20(17-6-5-11-34-15-17)14-23(39)38-12-3-4-13-38)37-28(42-26)19-7-9-21(41-2)24-18(19)8-10-22(36-24)29(30,31)32/h5-11,15-16,20H,3-4,12-14,33H2,1-2H3,(H,35,40)/t16-,20-/m0/s1. The topological polar surface area (TPSA) is 136 Å². The van der Waals surface area contributed by atoms with E-state index in [2.05, 4.69) is 20.3 Å². The van der Waals surface area contributed by atoms with Crippen LogP contribution in [-0.2, 0) is 11.0 Å². The molecular formula is C29H29F3N6O4. The zero-order valence-electron chi connectivity index (χ0n) is 22.9. The smallest absolute Gasteiger partial charge is 0.433 e. The van der Waals surface area contributed by atoms with Crippen molar-refractivity contribution in [3.05, 3.63) is 71.5 Å². The molecule has 1 fully saturated rings. The lowest BCUT2D eigenvalue weighted by molar-refractivity contribution is -0.141. The Kier molecular flexibility index (Phi) is 8.12. The molecule has 1 aliphatic heterocycles. The molecule has 3 N–H and O–H groups in total. The number of ether oxygens (including phenoxy) is 1. The maximum atomic E-state index is 13.6. The van der Waals surface area contributed by atoms with E-state index in [1.165, 1.54) is 19.2 Å². The predicted octanol–water partition coefficient (Wildman–Crippen LogP) is 4.82. The van der Waals surface area contributed by atoms with E-state index in [0.29, 0.717) is 24.2 Å². The van der Waals surface area contributed by atoms with E-state index in [1.54, 1.807) is 42.4 Å². The minimum absolute atomic E-state index is 0.0198. The maximum Gasteiger partial charge on any atom is 0.433 e. The second kappa shape index (κ2) is 11.8. The van der Waals surface area contributed by atoms with Gasteiger partial charge in [0.15, 0.2) is 11.5 Å². The number of benzene rings is 1. The van der Waals surface area contributed by atoms with E-state index >= 15 is 0 Å². The second-order valence-electron chi connectivity index (χ2n) is 10.0. The van der Waals surface area contributed by atoms with Crippen LogP contribution in [0.5, 0.6) is 5.75 Å². The first-order valence-corrected chi connectivity index (χ1v) is 13.4. The van der Waals surface area contributed by atoms with Gasteiger partial charge in [0.1, 0.15) is 17.0 Å². The summed E-state index contributed by atoms with van der Waals surface area (Å²) in [5.41, 5.74) is 5.82. The number of oxazole rings is 1. The van der Waals surface area contributed by atoms with Gasteiger partial charge in [-0.2, -0.15) is 13.2 Å². The maximum absolute atomic E-state index is 13.6. The average Bonchev–Trinajstić information content (AvgIpc) is 3.67. The van der Waals surface area contributed by atoms with E-state index in [0.717, 1.165) is 18.9 Å². The number of halogens is 3. The van der Waals surface area contributed by atoms with Gasteiger partial charge in [-0.15, -0.1) is 0 Å². The SMILES string of the molecule is COc1ccc(-c2nc(C(=O)N[C@@H](CC(=O)N3CCCC3)c3cccnc3)c([C@H](C)N)o2)c2ccc(C(F)(F)F)nc12.